The van der Waals surface area contributed by atoms with Crippen LogP contribution in [0.15, 0.2) is 48.8 Å². The van der Waals surface area contributed by atoms with Crippen LogP contribution in [0.5, 0.6) is 0 Å². The number of hydrogen-bond donors (Lipinski definition) is 2. The first kappa shape index (κ1) is 13.1. The molecule has 1 aromatic heterocycles. The van der Waals surface area contributed by atoms with E-state index in [1.165, 1.54) is 6.92 Å². The van der Waals surface area contributed by atoms with E-state index >= 15 is 0 Å². The summed E-state index contributed by atoms with van der Waals surface area (Å²) in [5, 5.41) is 6.17. The van der Waals surface area contributed by atoms with Crippen molar-refractivity contribution in [2.24, 2.45) is 0 Å². The van der Waals surface area contributed by atoms with Crippen molar-refractivity contribution in [2.75, 3.05) is 10.6 Å². The molecule has 0 aliphatic rings. The summed E-state index contributed by atoms with van der Waals surface area (Å²) in [7, 11) is 0. The van der Waals surface area contributed by atoms with E-state index in [1.807, 2.05) is 36.4 Å². The molecular formula is C15H17N3O. The van der Waals surface area contributed by atoms with Gasteiger partial charge in [0.15, 0.2) is 0 Å². The molecule has 2 rings (SSSR count). The molecule has 0 saturated carbocycles. The second-order valence-electron chi connectivity index (χ2n) is 4.41. The number of pyridine rings is 1. The largest absolute Gasteiger partial charge is 0.378 e. The zero-order valence-electron chi connectivity index (χ0n) is 11.1. The lowest BCUT2D eigenvalue weighted by molar-refractivity contribution is -0.114. The molecule has 1 aromatic carbocycles. The number of amides is 1. The van der Waals surface area contributed by atoms with Crippen LogP contribution >= 0.6 is 0 Å². The minimum atomic E-state index is -0.0631. The lowest BCUT2D eigenvalue weighted by Crippen LogP contribution is -2.09. The number of benzene rings is 1. The summed E-state index contributed by atoms with van der Waals surface area (Å²) in [5.74, 6) is -0.0631. The third-order valence-corrected chi connectivity index (χ3v) is 2.77. The van der Waals surface area contributed by atoms with Crippen molar-refractivity contribution in [3.05, 3.63) is 54.4 Å². The van der Waals surface area contributed by atoms with Crippen LogP contribution in [0.4, 0.5) is 11.4 Å². The lowest BCUT2D eigenvalue weighted by Gasteiger charge is -2.16. The van der Waals surface area contributed by atoms with Gasteiger partial charge in [0.25, 0.3) is 0 Å². The molecule has 0 bridgehead atoms. The molecule has 1 amide bonds. The maximum atomic E-state index is 11.1. The van der Waals surface area contributed by atoms with Gasteiger partial charge in [0.1, 0.15) is 0 Å². The maximum Gasteiger partial charge on any atom is 0.221 e. The number of rotatable bonds is 4. The summed E-state index contributed by atoms with van der Waals surface area (Å²) in [4.78, 5) is 15.0. The van der Waals surface area contributed by atoms with Gasteiger partial charge in [-0.05, 0) is 36.8 Å². The maximum absolute atomic E-state index is 11.1. The normalized spacial score (nSPS) is 11.7. The first-order chi connectivity index (χ1) is 9.15. The van der Waals surface area contributed by atoms with Crippen LogP contribution in [-0.4, -0.2) is 10.9 Å². The molecule has 0 aliphatic carbocycles. The van der Waals surface area contributed by atoms with Crippen molar-refractivity contribution >= 4 is 17.3 Å². The highest BCUT2D eigenvalue weighted by molar-refractivity contribution is 5.88. The first-order valence-electron chi connectivity index (χ1n) is 6.19. The van der Waals surface area contributed by atoms with Crippen molar-refractivity contribution in [1.29, 1.82) is 0 Å². The number of carbonyl (C=O) groups is 1. The molecule has 0 radical (unpaired) electrons. The van der Waals surface area contributed by atoms with Gasteiger partial charge >= 0.3 is 0 Å². The monoisotopic (exact) mass is 255 g/mol. The number of nitrogens with zero attached hydrogens (tertiary/aromatic N) is 1. The lowest BCUT2D eigenvalue weighted by atomic mass is 10.1. The van der Waals surface area contributed by atoms with Crippen LogP contribution in [0.2, 0.25) is 0 Å². The van der Waals surface area contributed by atoms with Gasteiger partial charge in [-0.3, -0.25) is 9.78 Å². The van der Waals surface area contributed by atoms with E-state index in [9.17, 15) is 4.79 Å². The van der Waals surface area contributed by atoms with E-state index < -0.39 is 0 Å². The Hall–Kier alpha value is -2.36. The van der Waals surface area contributed by atoms with E-state index in [0.717, 1.165) is 16.9 Å². The van der Waals surface area contributed by atoms with Crippen molar-refractivity contribution in [3.63, 3.8) is 0 Å². The van der Waals surface area contributed by atoms with E-state index in [0.29, 0.717) is 0 Å². The summed E-state index contributed by atoms with van der Waals surface area (Å²) < 4.78 is 0. The highest BCUT2D eigenvalue weighted by Crippen LogP contribution is 2.21. The number of anilines is 2. The van der Waals surface area contributed by atoms with Gasteiger partial charge in [-0.1, -0.05) is 12.1 Å². The molecule has 98 valence electrons. The van der Waals surface area contributed by atoms with Gasteiger partial charge in [0.2, 0.25) is 5.91 Å². The molecule has 0 saturated heterocycles. The summed E-state index contributed by atoms with van der Waals surface area (Å²) in [6.45, 7) is 3.58. The Bertz CT molecular complexity index is 554. The van der Waals surface area contributed by atoms with E-state index in [1.54, 1.807) is 12.4 Å². The third-order valence-electron chi connectivity index (χ3n) is 2.77. The molecule has 1 atom stereocenters. The molecule has 2 aromatic rings. The quantitative estimate of drug-likeness (QED) is 0.882. The highest BCUT2D eigenvalue weighted by atomic mass is 16.1. The molecule has 0 fully saturated rings. The predicted octanol–water partition coefficient (Wildman–Crippen LogP) is 3.21. The Morgan fingerprint density at radius 2 is 1.89 bits per heavy atom. The fraction of sp³-hybridized carbons (Fsp3) is 0.200. The number of hydrogen-bond acceptors (Lipinski definition) is 3. The van der Waals surface area contributed by atoms with E-state index in [-0.39, 0.29) is 11.9 Å². The van der Waals surface area contributed by atoms with Crippen molar-refractivity contribution < 1.29 is 4.79 Å². The van der Waals surface area contributed by atoms with Gasteiger partial charge in [-0.25, -0.2) is 0 Å². The average Bonchev–Trinajstić information content (AvgIpc) is 2.39. The third kappa shape index (κ3) is 3.81. The SMILES string of the molecule is CC(=O)Nc1cccc(C(C)Nc2ccncc2)c1. The van der Waals surface area contributed by atoms with Crippen LogP contribution in [0.1, 0.15) is 25.5 Å². The molecule has 2 N–H and O–H groups in total. The van der Waals surface area contributed by atoms with Crippen molar-refractivity contribution in [3.8, 4) is 0 Å². The Morgan fingerprint density at radius 3 is 2.58 bits per heavy atom. The number of nitrogens with one attached hydrogen (secondary N) is 2. The van der Waals surface area contributed by atoms with Crippen LogP contribution in [0.25, 0.3) is 0 Å². The number of aromatic nitrogens is 1. The summed E-state index contributed by atoms with van der Waals surface area (Å²) in [6.07, 6.45) is 3.51. The average molecular weight is 255 g/mol. The molecule has 4 heteroatoms. The summed E-state index contributed by atoms with van der Waals surface area (Å²) >= 11 is 0. The Labute approximate surface area is 112 Å². The first-order valence-corrected chi connectivity index (χ1v) is 6.19. The van der Waals surface area contributed by atoms with Gasteiger partial charge < -0.3 is 10.6 Å². The fourth-order valence-corrected chi connectivity index (χ4v) is 1.87. The molecule has 1 unspecified atom stereocenters. The smallest absolute Gasteiger partial charge is 0.221 e. The van der Waals surface area contributed by atoms with Crippen molar-refractivity contribution in [2.45, 2.75) is 19.9 Å². The standard InChI is InChI=1S/C15H17N3O/c1-11(17-14-6-8-16-9-7-14)13-4-3-5-15(10-13)18-12(2)19/h3-11H,1-2H3,(H,16,17)(H,18,19). The van der Waals surface area contributed by atoms with Gasteiger partial charge in [0.05, 0.1) is 0 Å². The molecule has 4 nitrogen and oxygen atoms in total. The minimum Gasteiger partial charge on any atom is -0.378 e. The minimum absolute atomic E-state index is 0.0631. The molecular weight excluding hydrogens is 238 g/mol. The number of carbonyl (C=O) groups excluding carboxylic acids is 1. The molecule has 0 aliphatic heterocycles. The fourth-order valence-electron chi connectivity index (χ4n) is 1.87. The zero-order valence-corrected chi connectivity index (χ0v) is 11.1. The summed E-state index contributed by atoms with van der Waals surface area (Å²) in [5.41, 5.74) is 2.95. The van der Waals surface area contributed by atoms with Gasteiger partial charge in [-0.15, -0.1) is 0 Å². The van der Waals surface area contributed by atoms with Crippen LogP contribution in [-0.2, 0) is 4.79 Å². The second kappa shape index (κ2) is 6.00. The predicted molar refractivity (Wildman–Crippen MR) is 77.0 cm³/mol. The molecule has 19 heavy (non-hydrogen) atoms. The Balaban J connectivity index is 2.10. The van der Waals surface area contributed by atoms with Crippen LogP contribution < -0.4 is 10.6 Å². The second-order valence-corrected chi connectivity index (χ2v) is 4.41. The zero-order chi connectivity index (χ0) is 13.7. The van der Waals surface area contributed by atoms with Gasteiger partial charge in [0, 0.05) is 36.7 Å². The molecule has 1 heterocycles. The van der Waals surface area contributed by atoms with Crippen molar-refractivity contribution in [1.82, 2.24) is 4.98 Å². The van der Waals surface area contributed by atoms with Gasteiger partial charge in [-0.2, -0.15) is 0 Å². The Morgan fingerprint density at radius 1 is 1.16 bits per heavy atom. The highest BCUT2D eigenvalue weighted by Gasteiger charge is 2.06. The van der Waals surface area contributed by atoms with E-state index in [2.05, 4.69) is 22.5 Å². The summed E-state index contributed by atoms with van der Waals surface area (Å²) in [6, 6.07) is 11.8. The van der Waals surface area contributed by atoms with Crippen LogP contribution in [0, 0.1) is 0 Å². The molecule has 0 spiro atoms. The van der Waals surface area contributed by atoms with E-state index in [4.69, 9.17) is 0 Å². The van der Waals surface area contributed by atoms with Crippen LogP contribution in [0.3, 0.4) is 0 Å². The topological polar surface area (TPSA) is 54.0 Å². The Kier molecular flexibility index (Phi) is 4.13.